The fourth-order valence-corrected chi connectivity index (χ4v) is 6.22. The minimum absolute atomic E-state index is 0.0176. The minimum Gasteiger partial charge on any atom is -0.497 e. The number of ether oxygens (including phenoxy) is 1. The molecule has 29 heavy (non-hydrogen) atoms. The average Bonchev–Trinajstić information content (AvgIpc) is 3.35. The van der Waals surface area contributed by atoms with Crippen LogP contribution in [0, 0.1) is 0 Å². The number of aromatic nitrogens is 1. The molecule has 2 aromatic carbocycles. The lowest BCUT2D eigenvalue weighted by Crippen LogP contribution is -2.35. The van der Waals surface area contributed by atoms with Crippen LogP contribution in [0.15, 0.2) is 60.0 Å². The predicted molar refractivity (Wildman–Crippen MR) is 117 cm³/mol. The zero-order valence-corrected chi connectivity index (χ0v) is 18.0. The Kier molecular flexibility index (Phi) is 5.99. The van der Waals surface area contributed by atoms with Crippen LogP contribution in [0.1, 0.15) is 17.7 Å². The lowest BCUT2D eigenvalue weighted by molar-refractivity contribution is 0.192. The predicted octanol–water partition coefficient (Wildman–Crippen LogP) is 4.01. The van der Waals surface area contributed by atoms with E-state index >= 15 is 0 Å². The summed E-state index contributed by atoms with van der Waals surface area (Å²) < 4.78 is 29.4. The highest BCUT2D eigenvalue weighted by Gasteiger charge is 2.32. The van der Waals surface area contributed by atoms with Crippen molar-refractivity contribution in [2.45, 2.75) is 25.6 Å². The molecule has 1 saturated heterocycles. The first-order valence-corrected chi connectivity index (χ1v) is 12.3. The van der Waals surface area contributed by atoms with Gasteiger partial charge in [0.2, 0.25) is 0 Å². The minimum atomic E-state index is -2.95. The van der Waals surface area contributed by atoms with Crippen LogP contribution in [0.2, 0.25) is 0 Å². The molecule has 0 bridgehead atoms. The third-order valence-electron chi connectivity index (χ3n) is 5.21. The topological polar surface area (TPSA) is 59.5 Å². The fraction of sp³-hybridized carbons (Fsp3) is 0.318. The number of methoxy groups -OCH3 is 1. The van der Waals surface area contributed by atoms with Crippen LogP contribution in [-0.4, -0.2) is 43.0 Å². The first-order chi connectivity index (χ1) is 14.0. The fourth-order valence-electron chi connectivity index (χ4n) is 3.64. The van der Waals surface area contributed by atoms with Gasteiger partial charge >= 0.3 is 0 Å². The summed E-state index contributed by atoms with van der Waals surface area (Å²) in [7, 11) is -1.30. The van der Waals surface area contributed by atoms with Crippen molar-refractivity contribution in [3.05, 3.63) is 71.2 Å². The third kappa shape index (κ3) is 5.04. The van der Waals surface area contributed by atoms with Crippen molar-refractivity contribution in [2.75, 3.05) is 18.6 Å². The summed E-state index contributed by atoms with van der Waals surface area (Å²) in [4.78, 5) is 7.05. The van der Waals surface area contributed by atoms with E-state index in [1.807, 2.05) is 42.5 Å². The number of sulfone groups is 1. The molecule has 5 nitrogen and oxygen atoms in total. The molecule has 152 valence electrons. The Hall–Kier alpha value is -2.22. The highest BCUT2D eigenvalue weighted by atomic mass is 32.2. The molecule has 7 heteroatoms. The Morgan fingerprint density at radius 1 is 1.10 bits per heavy atom. The second-order valence-corrected chi connectivity index (χ2v) is 10.4. The summed E-state index contributed by atoms with van der Waals surface area (Å²) in [6.45, 7) is 1.32. The van der Waals surface area contributed by atoms with E-state index in [-0.39, 0.29) is 17.5 Å². The molecule has 1 atom stereocenters. The van der Waals surface area contributed by atoms with Gasteiger partial charge in [0.1, 0.15) is 10.8 Å². The first kappa shape index (κ1) is 20.1. The normalized spacial score (nSPS) is 18.2. The number of hydrogen-bond donors (Lipinski definition) is 0. The van der Waals surface area contributed by atoms with Crippen molar-refractivity contribution in [3.8, 4) is 16.3 Å². The van der Waals surface area contributed by atoms with Gasteiger partial charge in [-0.2, -0.15) is 0 Å². The zero-order chi connectivity index (χ0) is 20.3. The molecule has 1 aromatic heterocycles. The lowest BCUT2D eigenvalue weighted by Gasteiger charge is -2.27. The zero-order valence-electron chi connectivity index (χ0n) is 16.3. The SMILES string of the molecule is COc1ccc(CN(Cc2csc(-c3ccccc3)n2)C2CCS(=O)(=O)C2)cc1. The van der Waals surface area contributed by atoms with Crippen molar-refractivity contribution in [1.29, 1.82) is 0 Å². The van der Waals surface area contributed by atoms with Crippen molar-refractivity contribution in [3.63, 3.8) is 0 Å². The van der Waals surface area contributed by atoms with E-state index in [1.165, 1.54) is 0 Å². The molecule has 0 N–H and O–H groups in total. The summed E-state index contributed by atoms with van der Waals surface area (Å²) >= 11 is 1.63. The van der Waals surface area contributed by atoms with Gasteiger partial charge in [0.05, 0.1) is 24.3 Å². The van der Waals surface area contributed by atoms with Gasteiger partial charge < -0.3 is 4.74 Å². The summed E-state index contributed by atoms with van der Waals surface area (Å²) in [6, 6.07) is 18.1. The number of rotatable bonds is 7. The van der Waals surface area contributed by atoms with Gasteiger partial charge in [0.25, 0.3) is 0 Å². The maximum atomic E-state index is 12.1. The molecule has 4 rings (SSSR count). The molecule has 0 aliphatic carbocycles. The summed E-state index contributed by atoms with van der Waals surface area (Å²) in [6.07, 6.45) is 0.675. The van der Waals surface area contributed by atoms with E-state index in [1.54, 1.807) is 18.4 Å². The third-order valence-corrected chi connectivity index (χ3v) is 7.90. The van der Waals surface area contributed by atoms with Gasteiger partial charge in [0, 0.05) is 30.1 Å². The maximum Gasteiger partial charge on any atom is 0.151 e. The first-order valence-electron chi connectivity index (χ1n) is 9.60. The van der Waals surface area contributed by atoms with Gasteiger partial charge in [-0.25, -0.2) is 13.4 Å². The molecule has 0 spiro atoms. The molecule has 3 aromatic rings. The molecule has 0 saturated carbocycles. The van der Waals surface area contributed by atoms with E-state index in [9.17, 15) is 8.42 Å². The van der Waals surface area contributed by atoms with Crippen LogP contribution in [0.25, 0.3) is 10.6 Å². The van der Waals surface area contributed by atoms with Gasteiger partial charge in [-0.3, -0.25) is 4.90 Å². The molecule has 1 aliphatic heterocycles. The van der Waals surface area contributed by atoms with E-state index in [2.05, 4.69) is 22.4 Å². The highest BCUT2D eigenvalue weighted by molar-refractivity contribution is 7.91. The van der Waals surface area contributed by atoms with Gasteiger partial charge in [-0.15, -0.1) is 11.3 Å². The van der Waals surface area contributed by atoms with Crippen LogP contribution < -0.4 is 4.74 Å². The quantitative estimate of drug-likeness (QED) is 0.569. The Balaban J connectivity index is 1.54. The van der Waals surface area contributed by atoms with E-state index in [0.29, 0.717) is 19.5 Å². The molecular weight excluding hydrogens is 404 g/mol. The van der Waals surface area contributed by atoms with E-state index in [0.717, 1.165) is 27.6 Å². The number of thiazole rings is 1. The van der Waals surface area contributed by atoms with Gasteiger partial charge in [-0.1, -0.05) is 42.5 Å². The highest BCUT2D eigenvalue weighted by Crippen LogP contribution is 2.27. The molecule has 2 heterocycles. The van der Waals surface area contributed by atoms with Crippen LogP contribution in [-0.2, 0) is 22.9 Å². The lowest BCUT2D eigenvalue weighted by atomic mass is 10.1. The Morgan fingerprint density at radius 2 is 1.86 bits per heavy atom. The molecule has 1 fully saturated rings. The second kappa shape index (κ2) is 8.65. The number of benzene rings is 2. The van der Waals surface area contributed by atoms with Gasteiger partial charge in [-0.05, 0) is 24.1 Å². The molecule has 0 amide bonds. The smallest absolute Gasteiger partial charge is 0.151 e. The maximum absolute atomic E-state index is 12.1. The van der Waals surface area contributed by atoms with Crippen molar-refractivity contribution < 1.29 is 13.2 Å². The van der Waals surface area contributed by atoms with Crippen LogP contribution in [0.4, 0.5) is 0 Å². The van der Waals surface area contributed by atoms with Crippen LogP contribution in [0.5, 0.6) is 5.75 Å². The standard InChI is InChI=1S/C22H24N2O3S2/c1-27-21-9-7-17(8-10-21)13-24(20-11-12-29(25,26)16-20)14-19-15-28-22(23-19)18-5-3-2-4-6-18/h2-10,15,20H,11-14,16H2,1H3. The monoisotopic (exact) mass is 428 g/mol. The molecule has 1 unspecified atom stereocenters. The average molecular weight is 429 g/mol. The van der Waals surface area contributed by atoms with Crippen molar-refractivity contribution in [2.24, 2.45) is 0 Å². The Bertz CT molecular complexity index is 1050. The van der Waals surface area contributed by atoms with Crippen molar-refractivity contribution in [1.82, 2.24) is 9.88 Å². The van der Waals surface area contributed by atoms with Crippen LogP contribution in [0.3, 0.4) is 0 Å². The molecule has 0 radical (unpaired) electrons. The number of nitrogens with zero attached hydrogens (tertiary/aromatic N) is 2. The Morgan fingerprint density at radius 3 is 2.52 bits per heavy atom. The summed E-state index contributed by atoms with van der Waals surface area (Å²) in [5, 5.41) is 3.07. The molecular formula is C22H24N2O3S2. The van der Waals surface area contributed by atoms with Crippen molar-refractivity contribution >= 4 is 21.2 Å². The largest absolute Gasteiger partial charge is 0.497 e. The summed E-state index contributed by atoms with van der Waals surface area (Å²) in [5.41, 5.74) is 3.22. The van der Waals surface area contributed by atoms with Crippen LogP contribution >= 0.6 is 11.3 Å². The van der Waals surface area contributed by atoms with E-state index in [4.69, 9.17) is 9.72 Å². The summed E-state index contributed by atoms with van der Waals surface area (Å²) in [5.74, 6) is 1.30. The van der Waals surface area contributed by atoms with Gasteiger partial charge in [0.15, 0.2) is 9.84 Å². The molecule has 1 aliphatic rings. The Labute approximate surface area is 175 Å². The number of hydrogen-bond acceptors (Lipinski definition) is 6. The van der Waals surface area contributed by atoms with E-state index < -0.39 is 9.84 Å². The second-order valence-electron chi connectivity index (χ2n) is 7.32.